The van der Waals surface area contributed by atoms with Crippen LogP contribution >= 0.6 is 11.3 Å². The predicted molar refractivity (Wildman–Crippen MR) is 78.3 cm³/mol. The number of aryl methyl sites for hydroxylation is 1. The van der Waals surface area contributed by atoms with Crippen LogP contribution in [0, 0.1) is 6.92 Å². The summed E-state index contributed by atoms with van der Waals surface area (Å²) in [6.45, 7) is 2.11. The summed E-state index contributed by atoms with van der Waals surface area (Å²) in [5, 5.41) is 1.90. The van der Waals surface area contributed by atoms with Gasteiger partial charge >= 0.3 is 0 Å². The fraction of sp³-hybridized carbons (Fsp3) is 0.154. The standard InChI is InChI=1S/C13H13N3O2S2/c1-10-3-2-4-12(7-10)20(17,18)15-8-11-9-19-13-14-5-6-16(11)13/h2-7,9,15H,8H2,1H3. The van der Waals surface area contributed by atoms with E-state index in [9.17, 15) is 8.42 Å². The lowest BCUT2D eigenvalue weighted by Crippen LogP contribution is -2.23. The molecule has 0 aliphatic heterocycles. The fourth-order valence-electron chi connectivity index (χ4n) is 1.93. The zero-order valence-electron chi connectivity index (χ0n) is 10.8. The number of nitrogens with zero attached hydrogens (tertiary/aromatic N) is 2. The quantitative estimate of drug-likeness (QED) is 0.803. The van der Waals surface area contributed by atoms with E-state index < -0.39 is 10.0 Å². The number of imidazole rings is 1. The van der Waals surface area contributed by atoms with E-state index in [4.69, 9.17) is 0 Å². The van der Waals surface area contributed by atoms with Crippen molar-refractivity contribution in [1.29, 1.82) is 0 Å². The number of aromatic nitrogens is 2. The summed E-state index contributed by atoms with van der Waals surface area (Å²) in [5.41, 5.74) is 1.79. The average Bonchev–Trinajstić information content (AvgIpc) is 2.99. The first-order valence-corrected chi connectivity index (χ1v) is 8.38. The number of hydrogen-bond donors (Lipinski definition) is 1. The number of nitrogens with one attached hydrogen (secondary N) is 1. The maximum absolute atomic E-state index is 12.2. The fourth-order valence-corrected chi connectivity index (χ4v) is 3.89. The molecule has 5 nitrogen and oxygen atoms in total. The lowest BCUT2D eigenvalue weighted by molar-refractivity contribution is 0.580. The van der Waals surface area contributed by atoms with Crippen LogP contribution in [0.5, 0.6) is 0 Å². The minimum absolute atomic E-state index is 0.243. The van der Waals surface area contributed by atoms with Crippen molar-refractivity contribution in [3.63, 3.8) is 0 Å². The Morgan fingerprint density at radius 1 is 1.40 bits per heavy atom. The summed E-state index contributed by atoms with van der Waals surface area (Å²) in [7, 11) is -3.49. The molecule has 0 saturated heterocycles. The van der Waals surface area contributed by atoms with Crippen LogP contribution in [0.25, 0.3) is 4.96 Å². The second-order valence-electron chi connectivity index (χ2n) is 4.45. The van der Waals surface area contributed by atoms with E-state index in [-0.39, 0.29) is 11.4 Å². The molecule has 0 unspecified atom stereocenters. The topological polar surface area (TPSA) is 63.5 Å². The van der Waals surface area contributed by atoms with Gasteiger partial charge in [-0.15, -0.1) is 11.3 Å². The van der Waals surface area contributed by atoms with Crippen LogP contribution in [0.4, 0.5) is 0 Å². The van der Waals surface area contributed by atoms with Gasteiger partial charge in [0.15, 0.2) is 4.96 Å². The third kappa shape index (κ3) is 2.47. The number of fused-ring (bicyclic) bond motifs is 1. The number of thiazole rings is 1. The van der Waals surface area contributed by atoms with Crippen molar-refractivity contribution in [3.8, 4) is 0 Å². The molecule has 0 spiro atoms. The summed E-state index contributed by atoms with van der Waals surface area (Å²) in [6.07, 6.45) is 3.52. The summed E-state index contributed by atoms with van der Waals surface area (Å²) < 4.78 is 28.9. The zero-order valence-corrected chi connectivity index (χ0v) is 12.4. The Labute approximate surface area is 121 Å². The Balaban J connectivity index is 1.82. The molecule has 3 rings (SSSR count). The minimum Gasteiger partial charge on any atom is -0.293 e. The Morgan fingerprint density at radius 3 is 3.05 bits per heavy atom. The van der Waals surface area contributed by atoms with Gasteiger partial charge in [0.05, 0.1) is 11.4 Å². The summed E-state index contributed by atoms with van der Waals surface area (Å²) in [5.74, 6) is 0. The van der Waals surface area contributed by atoms with Gasteiger partial charge in [0.25, 0.3) is 0 Å². The smallest absolute Gasteiger partial charge is 0.240 e. The molecular weight excluding hydrogens is 294 g/mol. The van der Waals surface area contributed by atoms with Gasteiger partial charge in [-0.3, -0.25) is 4.40 Å². The molecule has 2 heterocycles. The SMILES string of the molecule is Cc1cccc(S(=O)(=O)NCc2csc3nccn23)c1. The van der Waals surface area contributed by atoms with Crippen LogP contribution in [0.15, 0.2) is 46.9 Å². The molecule has 0 amide bonds. The summed E-state index contributed by atoms with van der Waals surface area (Å²) in [6, 6.07) is 6.86. The molecule has 0 aliphatic rings. The molecule has 0 atom stereocenters. The highest BCUT2D eigenvalue weighted by molar-refractivity contribution is 7.89. The van der Waals surface area contributed by atoms with Gasteiger partial charge in [-0.1, -0.05) is 12.1 Å². The van der Waals surface area contributed by atoms with Gasteiger partial charge in [-0.2, -0.15) is 0 Å². The molecule has 0 bridgehead atoms. The Bertz CT molecular complexity index is 849. The summed E-state index contributed by atoms with van der Waals surface area (Å²) >= 11 is 1.49. The molecule has 1 aromatic carbocycles. The van der Waals surface area contributed by atoms with Crippen LogP contribution in [0.2, 0.25) is 0 Å². The molecule has 0 aliphatic carbocycles. The van der Waals surface area contributed by atoms with Crippen LogP contribution in [0.3, 0.4) is 0 Å². The molecule has 1 N–H and O–H groups in total. The second-order valence-corrected chi connectivity index (χ2v) is 7.05. The van der Waals surface area contributed by atoms with E-state index in [0.717, 1.165) is 16.2 Å². The first kappa shape index (κ1) is 13.3. The molecule has 2 aromatic heterocycles. The van der Waals surface area contributed by atoms with E-state index in [0.29, 0.717) is 0 Å². The highest BCUT2D eigenvalue weighted by Crippen LogP contribution is 2.16. The van der Waals surface area contributed by atoms with E-state index in [1.807, 2.05) is 29.0 Å². The lowest BCUT2D eigenvalue weighted by atomic mass is 10.2. The number of rotatable bonds is 4. The minimum atomic E-state index is -3.49. The van der Waals surface area contributed by atoms with E-state index in [2.05, 4.69) is 9.71 Å². The third-order valence-corrected chi connectivity index (χ3v) is 5.26. The van der Waals surface area contributed by atoms with Crippen molar-refractivity contribution in [2.24, 2.45) is 0 Å². The Kier molecular flexibility index (Phi) is 3.33. The van der Waals surface area contributed by atoms with Crippen molar-refractivity contribution in [2.75, 3.05) is 0 Å². The maximum atomic E-state index is 12.2. The van der Waals surface area contributed by atoms with Gasteiger partial charge in [0.2, 0.25) is 10.0 Å². The number of hydrogen-bond acceptors (Lipinski definition) is 4. The van der Waals surface area contributed by atoms with Gasteiger partial charge < -0.3 is 0 Å². The highest BCUT2D eigenvalue weighted by Gasteiger charge is 2.14. The van der Waals surface area contributed by atoms with Gasteiger partial charge in [0, 0.05) is 23.5 Å². The third-order valence-electron chi connectivity index (χ3n) is 2.96. The lowest BCUT2D eigenvalue weighted by Gasteiger charge is -2.07. The zero-order chi connectivity index (χ0) is 14.2. The van der Waals surface area contributed by atoms with Gasteiger partial charge in [0.1, 0.15) is 0 Å². The van der Waals surface area contributed by atoms with Crippen molar-refractivity contribution >= 4 is 26.3 Å². The maximum Gasteiger partial charge on any atom is 0.240 e. The van der Waals surface area contributed by atoms with Gasteiger partial charge in [-0.25, -0.2) is 18.1 Å². The normalized spacial score (nSPS) is 12.1. The molecule has 0 saturated carbocycles. The Morgan fingerprint density at radius 2 is 2.25 bits per heavy atom. The van der Waals surface area contributed by atoms with Crippen LogP contribution in [0.1, 0.15) is 11.3 Å². The molecular formula is C13H13N3O2S2. The first-order valence-electron chi connectivity index (χ1n) is 6.02. The van der Waals surface area contributed by atoms with E-state index >= 15 is 0 Å². The first-order chi connectivity index (χ1) is 9.56. The number of benzene rings is 1. The van der Waals surface area contributed by atoms with Crippen LogP contribution < -0.4 is 4.72 Å². The molecule has 0 fully saturated rings. The summed E-state index contributed by atoms with van der Waals surface area (Å²) in [4.78, 5) is 5.30. The molecule has 0 radical (unpaired) electrons. The van der Waals surface area contributed by atoms with Gasteiger partial charge in [-0.05, 0) is 24.6 Å². The Hall–Kier alpha value is -1.70. The average molecular weight is 307 g/mol. The van der Waals surface area contributed by atoms with Crippen LogP contribution in [-0.2, 0) is 16.6 Å². The molecule has 3 aromatic rings. The van der Waals surface area contributed by atoms with Crippen LogP contribution in [-0.4, -0.2) is 17.8 Å². The second kappa shape index (κ2) is 5.01. The van der Waals surface area contributed by atoms with E-state index in [1.54, 1.807) is 24.4 Å². The molecule has 20 heavy (non-hydrogen) atoms. The van der Waals surface area contributed by atoms with Crippen molar-refractivity contribution < 1.29 is 8.42 Å². The highest BCUT2D eigenvalue weighted by atomic mass is 32.2. The van der Waals surface area contributed by atoms with Crippen molar-refractivity contribution in [3.05, 3.63) is 53.3 Å². The number of sulfonamides is 1. The van der Waals surface area contributed by atoms with Crippen molar-refractivity contribution in [2.45, 2.75) is 18.4 Å². The van der Waals surface area contributed by atoms with Crippen molar-refractivity contribution in [1.82, 2.24) is 14.1 Å². The predicted octanol–water partition coefficient (Wildman–Crippen LogP) is 2.18. The molecule has 7 heteroatoms. The largest absolute Gasteiger partial charge is 0.293 e. The molecule has 104 valence electrons. The monoisotopic (exact) mass is 307 g/mol. The van der Waals surface area contributed by atoms with E-state index in [1.165, 1.54) is 11.3 Å².